The fourth-order valence-electron chi connectivity index (χ4n) is 3.16. The van der Waals surface area contributed by atoms with E-state index in [4.69, 9.17) is 9.47 Å². The Morgan fingerprint density at radius 1 is 1.11 bits per heavy atom. The van der Waals surface area contributed by atoms with Gasteiger partial charge in [0.05, 0.1) is 14.2 Å². The summed E-state index contributed by atoms with van der Waals surface area (Å²) in [7, 11) is 3.20. The summed E-state index contributed by atoms with van der Waals surface area (Å²) in [5.74, 6) is 1.45. The van der Waals surface area contributed by atoms with E-state index in [-0.39, 0.29) is 11.8 Å². The van der Waals surface area contributed by atoms with E-state index in [1.165, 1.54) is 0 Å². The summed E-state index contributed by atoms with van der Waals surface area (Å²) >= 11 is 0. The Hall–Kier alpha value is -3.02. The van der Waals surface area contributed by atoms with E-state index in [1.807, 2.05) is 36.4 Å². The first-order valence-electron chi connectivity index (χ1n) is 9.01. The molecule has 3 rings (SSSR count). The number of hydrogen-bond acceptors (Lipinski definition) is 4. The van der Waals surface area contributed by atoms with Crippen molar-refractivity contribution in [1.29, 1.82) is 0 Å². The summed E-state index contributed by atoms with van der Waals surface area (Å²) in [6.07, 6.45) is 2.37. The normalized spacial score (nSPS) is 13.6. The number of ether oxygens (including phenoxy) is 2. The Bertz CT molecular complexity index is 812. The number of rotatable bonds is 7. The third-order valence-electron chi connectivity index (χ3n) is 4.57. The molecular weight excluding hydrogens is 344 g/mol. The number of anilines is 2. The number of methoxy groups -OCH3 is 2. The van der Waals surface area contributed by atoms with Gasteiger partial charge in [0.1, 0.15) is 11.5 Å². The fraction of sp³-hybridized carbons (Fsp3) is 0.333. The van der Waals surface area contributed by atoms with E-state index in [0.29, 0.717) is 36.4 Å². The maximum atomic E-state index is 12.3. The molecule has 1 aliphatic heterocycles. The van der Waals surface area contributed by atoms with Crippen LogP contribution in [0, 0.1) is 0 Å². The monoisotopic (exact) mass is 368 g/mol. The molecule has 0 bridgehead atoms. The highest BCUT2D eigenvalue weighted by molar-refractivity contribution is 5.97. The molecule has 6 nitrogen and oxygen atoms in total. The topological polar surface area (TPSA) is 67.9 Å². The highest BCUT2D eigenvalue weighted by atomic mass is 16.5. The van der Waals surface area contributed by atoms with Crippen LogP contribution >= 0.6 is 0 Å². The first kappa shape index (κ1) is 18.8. The maximum absolute atomic E-state index is 12.3. The zero-order valence-corrected chi connectivity index (χ0v) is 15.7. The van der Waals surface area contributed by atoms with Gasteiger partial charge in [0.2, 0.25) is 11.8 Å². The molecular formula is C21H24N2O4. The molecule has 0 saturated carbocycles. The molecule has 0 unspecified atom stereocenters. The molecule has 1 aliphatic rings. The molecule has 0 spiro atoms. The zero-order valence-electron chi connectivity index (χ0n) is 15.7. The van der Waals surface area contributed by atoms with E-state index in [2.05, 4.69) is 5.32 Å². The van der Waals surface area contributed by atoms with Crippen LogP contribution in [0.15, 0.2) is 42.5 Å². The van der Waals surface area contributed by atoms with Gasteiger partial charge >= 0.3 is 0 Å². The van der Waals surface area contributed by atoms with E-state index in [0.717, 1.165) is 24.2 Å². The van der Waals surface area contributed by atoms with Crippen LogP contribution in [0.25, 0.3) is 0 Å². The van der Waals surface area contributed by atoms with Crippen molar-refractivity contribution in [3.05, 3.63) is 48.0 Å². The van der Waals surface area contributed by atoms with Crippen LogP contribution in [0.3, 0.4) is 0 Å². The van der Waals surface area contributed by atoms with Gasteiger partial charge in [0.25, 0.3) is 0 Å². The van der Waals surface area contributed by atoms with Crippen LogP contribution in [-0.2, 0) is 16.0 Å². The van der Waals surface area contributed by atoms with Crippen molar-refractivity contribution in [3.63, 3.8) is 0 Å². The summed E-state index contributed by atoms with van der Waals surface area (Å²) in [6.45, 7) is 0.730. The van der Waals surface area contributed by atoms with Crippen LogP contribution in [0.2, 0.25) is 0 Å². The highest BCUT2D eigenvalue weighted by Gasteiger charge is 2.21. The highest BCUT2D eigenvalue weighted by Crippen LogP contribution is 2.25. The third kappa shape index (κ3) is 4.78. The Kier molecular flexibility index (Phi) is 5.96. The molecule has 6 heteroatoms. The van der Waals surface area contributed by atoms with Crippen LogP contribution in [0.4, 0.5) is 11.4 Å². The van der Waals surface area contributed by atoms with Gasteiger partial charge < -0.3 is 19.7 Å². The van der Waals surface area contributed by atoms with Gasteiger partial charge in [-0.15, -0.1) is 0 Å². The summed E-state index contributed by atoms with van der Waals surface area (Å²) in [5, 5.41) is 2.91. The minimum absolute atomic E-state index is 0.0818. The number of amides is 2. The number of carbonyl (C=O) groups is 2. The summed E-state index contributed by atoms with van der Waals surface area (Å²) < 4.78 is 10.5. The molecule has 0 atom stereocenters. The molecule has 2 aromatic carbocycles. The van der Waals surface area contributed by atoms with Gasteiger partial charge in [0, 0.05) is 36.8 Å². The van der Waals surface area contributed by atoms with Crippen molar-refractivity contribution < 1.29 is 19.1 Å². The molecule has 1 N–H and O–H groups in total. The van der Waals surface area contributed by atoms with Crippen LogP contribution < -0.4 is 19.7 Å². The Morgan fingerprint density at radius 2 is 1.85 bits per heavy atom. The molecule has 0 aliphatic carbocycles. The van der Waals surface area contributed by atoms with Crippen molar-refractivity contribution in [2.75, 3.05) is 31.0 Å². The smallest absolute Gasteiger partial charge is 0.227 e. The first-order chi connectivity index (χ1) is 13.1. The Balaban J connectivity index is 1.60. The second kappa shape index (κ2) is 8.58. The minimum Gasteiger partial charge on any atom is -0.497 e. The number of benzene rings is 2. The Morgan fingerprint density at radius 3 is 2.48 bits per heavy atom. The summed E-state index contributed by atoms with van der Waals surface area (Å²) in [4.78, 5) is 26.0. The van der Waals surface area contributed by atoms with Crippen LogP contribution in [0.1, 0.15) is 24.8 Å². The van der Waals surface area contributed by atoms with Gasteiger partial charge in [-0.05, 0) is 48.7 Å². The van der Waals surface area contributed by atoms with Crippen molar-refractivity contribution in [2.24, 2.45) is 0 Å². The Labute approximate surface area is 159 Å². The van der Waals surface area contributed by atoms with Gasteiger partial charge in [-0.3, -0.25) is 9.59 Å². The quantitative estimate of drug-likeness (QED) is 0.813. The second-order valence-electron chi connectivity index (χ2n) is 6.47. The maximum Gasteiger partial charge on any atom is 0.227 e. The largest absolute Gasteiger partial charge is 0.497 e. The van der Waals surface area contributed by atoms with E-state index in [1.54, 1.807) is 25.2 Å². The number of hydrogen-bond donors (Lipinski definition) is 1. The average molecular weight is 368 g/mol. The van der Waals surface area contributed by atoms with Gasteiger partial charge in [-0.1, -0.05) is 6.07 Å². The van der Waals surface area contributed by atoms with Gasteiger partial charge in [-0.25, -0.2) is 0 Å². The van der Waals surface area contributed by atoms with E-state index >= 15 is 0 Å². The number of aryl methyl sites for hydroxylation is 1. The van der Waals surface area contributed by atoms with Crippen molar-refractivity contribution in [1.82, 2.24) is 0 Å². The lowest BCUT2D eigenvalue weighted by Crippen LogP contribution is -2.23. The summed E-state index contributed by atoms with van der Waals surface area (Å²) in [5.41, 5.74) is 2.49. The molecule has 2 amide bonds. The van der Waals surface area contributed by atoms with E-state index < -0.39 is 0 Å². The molecule has 27 heavy (non-hydrogen) atoms. The molecule has 1 heterocycles. The predicted molar refractivity (Wildman–Crippen MR) is 105 cm³/mol. The number of nitrogens with zero attached hydrogens (tertiary/aromatic N) is 1. The predicted octanol–water partition coefficient (Wildman–Crippen LogP) is 3.40. The average Bonchev–Trinajstić information content (AvgIpc) is 3.12. The van der Waals surface area contributed by atoms with Crippen molar-refractivity contribution in [3.8, 4) is 11.5 Å². The van der Waals surface area contributed by atoms with Crippen LogP contribution in [-0.4, -0.2) is 32.6 Å². The lowest BCUT2D eigenvalue weighted by Gasteiger charge is -2.16. The molecule has 2 aromatic rings. The zero-order chi connectivity index (χ0) is 19.2. The molecule has 1 fully saturated rings. The minimum atomic E-state index is -0.0818. The molecule has 1 saturated heterocycles. The fourth-order valence-corrected chi connectivity index (χ4v) is 3.16. The standard InChI is InChI=1S/C21H24N2O4/c1-26-18-11-15(12-19(14-18)27-2)8-9-20(24)22-16-5-3-6-17(13-16)23-10-4-7-21(23)25/h3,5-6,11-14H,4,7-10H2,1-2H3,(H,22,24). The van der Waals surface area contributed by atoms with Crippen molar-refractivity contribution in [2.45, 2.75) is 25.7 Å². The lowest BCUT2D eigenvalue weighted by molar-refractivity contribution is -0.117. The SMILES string of the molecule is COc1cc(CCC(=O)Nc2cccc(N3CCCC3=O)c2)cc(OC)c1. The molecule has 0 radical (unpaired) electrons. The van der Waals surface area contributed by atoms with Crippen LogP contribution in [0.5, 0.6) is 11.5 Å². The molecule has 142 valence electrons. The van der Waals surface area contributed by atoms with Gasteiger partial charge in [-0.2, -0.15) is 0 Å². The first-order valence-corrected chi connectivity index (χ1v) is 9.01. The summed E-state index contributed by atoms with van der Waals surface area (Å²) in [6, 6.07) is 13.0. The lowest BCUT2D eigenvalue weighted by atomic mass is 10.1. The van der Waals surface area contributed by atoms with E-state index in [9.17, 15) is 9.59 Å². The number of carbonyl (C=O) groups excluding carboxylic acids is 2. The van der Waals surface area contributed by atoms with Gasteiger partial charge in [0.15, 0.2) is 0 Å². The third-order valence-corrected chi connectivity index (χ3v) is 4.57. The van der Waals surface area contributed by atoms with Crippen molar-refractivity contribution >= 4 is 23.2 Å². The second-order valence-corrected chi connectivity index (χ2v) is 6.47. The molecule has 0 aromatic heterocycles. The number of nitrogens with one attached hydrogen (secondary N) is 1.